The van der Waals surface area contributed by atoms with Crippen molar-refractivity contribution in [3.63, 3.8) is 0 Å². The first-order valence-corrected chi connectivity index (χ1v) is 7.75. The van der Waals surface area contributed by atoms with Crippen LogP contribution in [0.3, 0.4) is 0 Å². The van der Waals surface area contributed by atoms with Crippen LogP contribution in [-0.2, 0) is 22.6 Å². The molecular formula is C17H26N2O3. The Morgan fingerprint density at radius 1 is 1.18 bits per heavy atom. The summed E-state index contributed by atoms with van der Waals surface area (Å²) < 4.78 is 10.6. The fourth-order valence-corrected chi connectivity index (χ4v) is 2.25. The SMILES string of the molecule is CC(C)(C)NC(=O)OCc1ccc(CN2CCOCC2)cc1. The minimum absolute atomic E-state index is 0.279. The minimum atomic E-state index is -0.384. The number of carbonyl (C=O) groups excluding carboxylic acids is 1. The average molecular weight is 306 g/mol. The van der Waals surface area contributed by atoms with E-state index >= 15 is 0 Å². The summed E-state index contributed by atoms with van der Waals surface area (Å²) in [5.41, 5.74) is 1.98. The lowest BCUT2D eigenvalue weighted by Crippen LogP contribution is -2.40. The molecular weight excluding hydrogens is 280 g/mol. The zero-order valence-electron chi connectivity index (χ0n) is 13.7. The molecule has 1 heterocycles. The van der Waals surface area contributed by atoms with Crippen LogP contribution in [0.5, 0.6) is 0 Å². The van der Waals surface area contributed by atoms with Crippen molar-refractivity contribution in [1.29, 1.82) is 0 Å². The standard InChI is InChI=1S/C17H26N2O3/c1-17(2,3)18-16(20)22-13-15-6-4-14(5-7-15)12-19-8-10-21-11-9-19/h4-7H,8-13H2,1-3H3,(H,18,20). The molecule has 22 heavy (non-hydrogen) atoms. The molecule has 0 saturated carbocycles. The van der Waals surface area contributed by atoms with Crippen molar-refractivity contribution in [2.45, 2.75) is 39.5 Å². The Hall–Kier alpha value is -1.59. The molecule has 0 unspecified atom stereocenters. The second-order valence-corrected chi connectivity index (χ2v) is 6.66. The van der Waals surface area contributed by atoms with Crippen LogP contribution in [0.1, 0.15) is 31.9 Å². The fourth-order valence-electron chi connectivity index (χ4n) is 2.25. The molecule has 0 atom stereocenters. The van der Waals surface area contributed by atoms with Crippen LogP contribution in [0.2, 0.25) is 0 Å². The smallest absolute Gasteiger partial charge is 0.407 e. The van der Waals surface area contributed by atoms with E-state index in [2.05, 4.69) is 22.3 Å². The number of hydrogen-bond donors (Lipinski definition) is 1. The summed E-state index contributed by atoms with van der Waals surface area (Å²) in [7, 11) is 0. The van der Waals surface area contributed by atoms with Gasteiger partial charge in [0.2, 0.25) is 0 Å². The maximum absolute atomic E-state index is 11.6. The summed E-state index contributed by atoms with van der Waals surface area (Å²) in [6, 6.07) is 8.21. The van der Waals surface area contributed by atoms with Crippen molar-refractivity contribution in [2.24, 2.45) is 0 Å². The van der Waals surface area contributed by atoms with Crippen molar-refractivity contribution in [3.8, 4) is 0 Å². The first-order valence-electron chi connectivity index (χ1n) is 7.75. The van der Waals surface area contributed by atoms with Crippen LogP contribution in [0, 0.1) is 0 Å². The van der Waals surface area contributed by atoms with E-state index in [1.54, 1.807) is 0 Å². The predicted octanol–water partition coefficient (Wildman–Crippen LogP) is 2.54. The molecule has 1 saturated heterocycles. The number of morpholine rings is 1. The Labute approximate surface area is 132 Å². The van der Waals surface area contributed by atoms with Crippen LogP contribution < -0.4 is 5.32 Å². The Balaban J connectivity index is 1.77. The Morgan fingerprint density at radius 2 is 1.77 bits per heavy atom. The van der Waals surface area contributed by atoms with Gasteiger partial charge in [-0.05, 0) is 31.9 Å². The molecule has 1 amide bonds. The first-order chi connectivity index (χ1) is 10.4. The molecule has 0 radical (unpaired) electrons. The first kappa shape index (κ1) is 16.8. The monoisotopic (exact) mass is 306 g/mol. The number of alkyl carbamates (subject to hydrolysis) is 1. The summed E-state index contributed by atoms with van der Waals surface area (Å²) >= 11 is 0. The number of rotatable bonds is 4. The van der Waals surface area contributed by atoms with E-state index in [4.69, 9.17) is 9.47 Å². The van der Waals surface area contributed by atoms with Crippen molar-refractivity contribution in [2.75, 3.05) is 26.3 Å². The topological polar surface area (TPSA) is 50.8 Å². The lowest BCUT2D eigenvalue weighted by Gasteiger charge is -2.26. The summed E-state index contributed by atoms with van der Waals surface area (Å²) in [5, 5.41) is 2.78. The number of hydrogen-bond acceptors (Lipinski definition) is 4. The van der Waals surface area contributed by atoms with Crippen molar-refractivity contribution in [1.82, 2.24) is 10.2 Å². The lowest BCUT2D eigenvalue weighted by molar-refractivity contribution is 0.0342. The minimum Gasteiger partial charge on any atom is -0.445 e. The second kappa shape index (κ2) is 7.61. The van der Waals surface area contributed by atoms with Crippen molar-refractivity contribution in [3.05, 3.63) is 35.4 Å². The number of ether oxygens (including phenoxy) is 2. The van der Waals surface area contributed by atoms with Crippen LogP contribution >= 0.6 is 0 Å². The van der Waals surface area contributed by atoms with E-state index in [-0.39, 0.29) is 11.6 Å². The van der Waals surface area contributed by atoms with Gasteiger partial charge in [0.1, 0.15) is 6.61 Å². The van der Waals surface area contributed by atoms with Gasteiger partial charge in [-0.2, -0.15) is 0 Å². The van der Waals surface area contributed by atoms with E-state index < -0.39 is 0 Å². The van der Waals surface area contributed by atoms with Gasteiger partial charge in [-0.25, -0.2) is 4.79 Å². The predicted molar refractivity (Wildman–Crippen MR) is 85.6 cm³/mol. The normalized spacial score (nSPS) is 16.3. The molecule has 5 heteroatoms. The zero-order chi connectivity index (χ0) is 16.0. The molecule has 1 aliphatic heterocycles. The van der Waals surface area contributed by atoms with Crippen LogP contribution in [0.4, 0.5) is 4.79 Å². The van der Waals surface area contributed by atoms with Gasteiger partial charge in [-0.1, -0.05) is 24.3 Å². The van der Waals surface area contributed by atoms with Gasteiger partial charge in [0, 0.05) is 25.2 Å². The number of amides is 1. The molecule has 1 aliphatic rings. The van der Waals surface area contributed by atoms with E-state index in [0.29, 0.717) is 6.61 Å². The average Bonchev–Trinajstić information content (AvgIpc) is 2.46. The van der Waals surface area contributed by atoms with E-state index in [9.17, 15) is 4.79 Å². The Bertz CT molecular complexity index is 474. The third-order valence-electron chi connectivity index (χ3n) is 3.38. The van der Waals surface area contributed by atoms with Gasteiger partial charge in [0.05, 0.1) is 13.2 Å². The molecule has 0 aliphatic carbocycles. The van der Waals surface area contributed by atoms with Crippen LogP contribution in [-0.4, -0.2) is 42.8 Å². The summed E-state index contributed by atoms with van der Waals surface area (Å²) in [6.45, 7) is 10.6. The van der Waals surface area contributed by atoms with Crippen LogP contribution in [0.25, 0.3) is 0 Å². The maximum atomic E-state index is 11.6. The summed E-state index contributed by atoms with van der Waals surface area (Å²) in [6.07, 6.45) is -0.384. The van der Waals surface area contributed by atoms with Gasteiger partial charge in [-0.3, -0.25) is 4.90 Å². The molecule has 1 aromatic rings. The number of nitrogens with one attached hydrogen (secondary N) is 1. The highest BCUT2D eigenvalue weighted by Gasteiger charge is 2.14. The Morgan fingerprint density at radius 3 is 2.36 bits per heavy atom. The van der Waals surface area contributed by atoms with Crippen LogP contribution in [0.15, 0.2) is 24.3 Å². The van der Waals surface area contributed by atoms with E-state index in [0.717, 1.165) is 38.4 Å². The molecule has 1 aromatic carbocycles. The number of benzene rings is 1. The molecule has 2 rings (SSSR count). The molecule has 0 spiro atoms. The van der Waals surface area contributed by atoms with E-state index in [1.165, 1.54) is 5.56 Å². The fraction of sp³-hybridized carbons (Fsp3) is 0.588. The molecule has 1 fully saturated rings. The summed E-state index contributed by atoms with van der Waals surface area (Å²) in [5.74, 6) is 0. The third-order valence-corrected chi connectivity index (χ3v) is 3.38. The van der Waals surface area contributed by atoms with Gasteiger partial charge < -0.3 is 14.8 Å². The highest BCUT2D eigenvalue weighted by molar-refractivity contribution is 5.68. The third kappa shape index (κ3) is 6.03. The van der Waals surface area contributed by atoms with Gasteiger partial charge in [0.15, 0.2) is 0 Å². The van der Waals surface area contributed by atoms with Crippen molar-refractivity contribution < 1.29 is 14.3 Å². The number of carbonyl (C=O) groups is 1. The van der Waals surface area contributed by atoms with Gasteiger partial charge in [-0.15, -0.1) is 0 Å². The largest absolute Gasteiger partial charge is 0.445 e. The van der Waals surface area contributed by atoms with Gasteiger partial charge in [0.25, 0.3) is 0 Å². The molecule has 5 nitrogen and oxygen atoms in total. The zero-order valence-corrected chi connectivity index (χ0v) is 13.7. The molecule has 0 bridgehead atoms. The quantitative estimate of drug-likeness (QED) is 0.929. The molecule has 1 N–H and O–H groups in total. The highest BCUT2D eigenvalue weighted by Crippen LogP contribution is 2.10. The van der Waals surface area contributed by atoms with Gasteiger partial charge >= 0.3 is 6.09 Å². The molecule has 122 valence electrons. The highest BCUT2D eigenvalue weighted by atomic mass is 16.5. The Kier molecular flexibility index (Phi) is 5.80. The van der Waals surface area contributed by atoms with Crippen molar-refractivity contribution >= 4 is 6.09 Å². The summed E-state index contributed by atoms with van der Waals surface area (Å²) in [4.78, 5) is 14.0. The number of nitrogens with zero attached hydrogens (tertiary/aromatic N) is 1. The maximum Gasteiger partial charge on any atom is 0.407 e. The molecule has 0 aromatic heterocycles. The van der Waals surface area contributed by atoms with E-state index in [1.807, 2.05) is 32.9 Å². The second-order valence-electron chi connectivity index (χ2n) is 6.66. The lowest BCUT2D eigenvalue weighted by atomic mass is 10.1.